The highest BCUT2D eigenvalue weighted by Gasteiger charge is 2.39. The first-order valence-corrected chi connectivity index (χ1v) is 10.3. The lowest BCUT2D eigenvalue weighted by molar-refractivity contribution is -0.148. The molecular formula is C20H23NO4S. The zero-order valence-electron chi connectivity index (χ0n) is 14.7. The second-order valence-corrected chi connectivity index (χ2v) is 8.83. The van der Waals surface area contributed by atoms with E-state index in [0.29, 0.717) is 11.3 Å². The average Bonchev–Trinajstić information content (AvgIpc) is 2.67. The molecule has 6 heteroatoms. The smallest absolute Gasteiger partial charge is 0.323 e. The number of piperidine rings is 1. The summed E-state index contributed by atoms with van der Waals surface area (Å²) in [5.74, 6) is -0.480. The molecule has 3 atom stereocenters. The monoisotopic (exact) mass is 373 g/mol. The van der Waals surface area contributed by atoms with E-state index in [-0.39, 0.29) is 25.0 Å². The Kier molecular flexibility index (Phi) is 5.74. The molecule has 1 heterocycles. The first-order valence-electron chi connectivity index (χ1n) is 8.71. The van der Waals surface area contributed by atoms with Crippen molar-refractivity contribution in [1.82, 2.24) is 5.32 Å². The molecule has 2 aromatic carbocycles. The Morgan fingerprint density at radius 2 is 1.69 bits per heavy atom. The van der Waals surface area contributed by atoms with E-state index in [4.69, 9.17) is 4.74 Å². The topological polar surface area (TPSA) is 72.5 Å². The molecule has 1 N–H and O–H groups in total. The molecule has 0 radical (unpaired) electrons. The van der Waals surface area contributed by atoms with E-state index in [1.54, 1.807) is 30.3 Å². The van der Waals surface area contributed by atoms with Crippen molar-refractivity contribution in [3.8, 4) is 0 Å². The minimum Gasteiger partial charge on any atom is -0.460 e. The summed E-state index contributed by atoms with van der Waals surface area (Å²) < 4.78 is 31.0. The van der Waals surface area contributed by atoms with Gasteiger partial charge in [0.25, 0.3) is 0 Å². The van der Waals surface area contributed by atoms with Gasteiger partial charge in [0, 0.05) is 6.54 Å². The van der Waals surface area contributed by atoms with Crippen LogP contribution in [0.2, 0.25) is 0 Å². The summed E-state index contributed by atoms with van der Waals surface area (Å²) in [6.45, 7) is 2.34. The molecular weight excluding hydrogens is 350 g/mol. The van der Waals surface area contributed by atoms with Gasteiger partial charge in [-0.15, -0.1) is 0 Å². The Labute approximate surface area is 154 Å². The van der Waals surface area contributed by atoms with Gasteiger partial charge in [-0.1, -0.05) is 55.5 Å². The van der Waals surface area contributed by atoms with Crippen molar-refractivity contribution >= 4 is 15.8 Å². The lowest BCUT2D eigenvalue weighted by Gasteiger charge is -2.33. The second-order valence-electron chi connectivity index (χ2n) is 6.66. The molecule has 0 amide bonds. The third kappa shape index (κ3) is 4.14. The highest BCUT2D eigenvalue weighted by Crippen LogP contribution is 2.27. The maximum atomic E-state index is 12.8. The van der Waals surface area contributed by atoms with Crippen LogP contribution in [0.5, 0.6) is 0 Å². The number of esters is 1. The summed E-state index contributed by atoms with van der Waals surface area (Å²) in [5.41, 5.74) is 0.925. The fraction of sp³-hybridized carbons (Fsp3) is 0.350. The predicted molar refractivity (Wildman–Crippen MR) is 99.2 cm³/mol. The number of hydrogen-bond acceptors (Lipinski definition) is 5. The predicted octanol–water partition coefficient (Wildman–Crippen LogP) is 2.57. The quantitative estimate of drug-likeness (QED) is 0.816. The number of nitrogens with one attached hydrogen (secondary N) is 1. The fourth-order valence-electron chi connectivity index (χ4n) is 3.28. The van der Waals surface area contributed by atoms with Crippen LogP contribution in [-0.2, 0) is 26.0 Å². The number of sulfone groups is 1. The maximum absolute atomic E-state index is 12.8. The molecule has 0 bridgehead atoms. The number of carbonyl (C=O) groups excluding carboxylic acids is 1. The lowest BCUT2D eigenvalue weighted by Crippen LogP contribution is -2.52. The largest absolute Gasteiger partial charge is 0.460 e. The van der Waals surface area contributed by atoms with Crippen molar-refractivity contribution in [3.63, 3.8) is 0 Å². The molecule has 0 unspecified atom stereocenters. The SMILES string of the molecule is C[C@@H]1C[C@H](C(=O)OCc2ccccc2)NC[C@H]1S(=O)(=O)c1ccccc1. The zero-order valence-corrected chi connectivity index (χ0v) is 15.5. The summed E-state index contributed by atoms with van der Waals surface area (Å²) in [7, 11) is -3.43. The highest BCUT2D eigenvalue weighted by molar-refractivity contribution is 7.92. The van der Waals surface area contributed by atoms with E-state index in [1.165, 1.54) is 0 Å². The summed E-state index contributed by atoms with van der Waals surface area (Å²) >= 11 is 0. The molecule has 138 valence electrons. The van der Waals surface area contributed by atoms with Crippen LogP contribution >= 0.6 is 0 Å². The molecule has 1 saturated heterocycles. The Hall–Kier alpha value is -2.18. The van der Waals surface area contributed by atoms with Crippen LogP contribution in [0.3, 0.4) is 0 Å². The Morgan fingerprint density at radius 3 is 2.31 bits per heavy atom. The molecule has 2 aromatic rings. The van der Waals surface area contributed by atoms with Crippen LogP contribution in [0.1, 0.15) is 18.9 Å². The molecule has 1 fully saturated rings. The molecule has 1 aliphatic heterocycles. The van der Waals surface area contributed by atoms with Crippen LogP contribution in [0.15, 0.2) is 65.6 Å². The van der Waals surface area contributed by atoms with Crippen molar-refractivity contribution in [2.75, 3.05) is 6.54 Å². The fourth-order valence-corrected chi connectivity index (χ4v) is 5.20. The van der Waals surface area contributed by atoms with Crippen molar-refractivity contribution in [2.24, 2.45) is 5.92 Å². The Bertz CT molecular complexity index is 837. The van der Waals surface area contributed by atoms with E-state index in [9.17, 15) is 13.2 Å². The number of rotatable bonds is 5. The Balaban J connectivity index is 1.60. The average molecular weight is 373 g/mol. The summed E-state index contributed by atoms with van der Waals surface area (Å²) in [4.78, 5) is 12.6. The van der Waals surface area contributed by atoms with E-state index >= 15 is 0 Å². The van der Waals surface area contributed by atoms with Gasteiger partial charge in [0.1, 0.15) is 12.6 Å². The molecule has 0 aromatic heterocycles. The molecule has 0 spiro atoms. The third-order valence-electron chi connectivity index (χ3n) is 4.79. The molecule has 5 nitrogen and oxygen atoms in total. The molecule has 3 rings (SSSR count). The van der Waals surface area contributed by atoms with Gasteiger partial charge in [0.05, 0.1) is 10.1 Å². The second kappa shape index (κ2) is 8.01. The van der Waals surface area contributed by atoms with Gasteiger partial charge in [-0.2, -0.15) is 0 Å². The summed E-state index contributed by atoms with van der Waals surface area (Å²) in [6, 6.07) is 17.5. The highest BCUT2D eigenvalue weighted by atomic mass is 32.2. The third-order valence-corrected chi connectivity index (χ3v) is 7.14. The van der Waals surface area contributed by atoms with Gasteiger partial charge < -0.3 is 10.1 Å². The van der Waals surface area contributed by atoms with Gasteiger partial charge >= 0.3 is 5.97 Å². The minimum atomic E-state index is -3.43. The van der Waals surface area contributed by atoms with Gasteiger partial charge in [-0.3, -0.25) is 4.79 Å². The standard InChI is InChI=1S/C20H23NO4S/c1-15-12-18(20(22)25-14-16-8-4-2-5-9-16)21-13-19(15)26(23,24)17-10-6-3-7-11-17/h2-11,15,18-19,21H,12-14H2,1H3/t15-,18-,19-/m1/s1. The van der Waals surface area contributed by atoms with Crippen LogP contribution in [-0.4, -0.2) is 32.2 Å². The Morgan fingerprint density at radius 1 is 1.08 bits per heavy atom. The zero-order chi connectivity index (χ0) is 18.6. The molecule has 0 aliphatic carbocycles. The van der Waals surface area contributed by atoms with Crippen LogP contribution in [0, 0.1) is 5.92 Å². The first kappa shape index (κ1) is 18.6. The summed E-state index contributed by atoms with van der Waals surface area (Å²) in [5, 5.41) is 2.51. The first-order chi connectivity index (χ1) is 12.5. The van der Waals surface area contributed by atoms with Gasteiger partial charge in [-0.05, 0) is 30.0 Å². The number of ether oxygens (including phenoxy) is 1. The number of hydrogen-bond donors (Lipinski definition) is 1. The normalized spacial score (nSPS) is 23.3. The number of benzene rings is 2. The van der Waals surface area contributed by atoms with E-state index in [1.807, 2.05) is 37.3 Å². The molecule has 0 saturated carbocycles. The maximum Gasteiger partial charge on any atom is 0.323 e. The van der Waals surface area contributed by atoms with Crippen molar-refractivity contribution in [1.29, 1.82) is 0 Å². The molecule has 26 heavy (non-hydrogen) atoms. The number of carbonyl (C=O) groups is 1. The van der Waals surface area contributed by atoms with Crippen molar-refractivity contribution in [3.05, 3.63) is 66.2 Å². The van der Waals surface area contributed by atoms with Gasteiger partial charge in [-0.25, -0.2) is 8.42 Å². The van der Waals surface area contributed by atoms with Gasteiger partial charge in [0.2, 0.25) is 0 Å². The van der Waals surface area contributed by atoms with Crippen LogP contribution in [0.25, 0.3) is 0 Å². The lowest BCUT2D eigenvalue weighted by atomic mass is 9.94. The van der Waals surface area contributed by atoms with E-state index < -0.39 is 21.1 Å². The van der Waals surface area contributed by atoms with Gasteiger partial charge in [0.15, 0.2) is 9.84 Å². The van der Waals surface area contributed by atoms with E-state index in [0.717, 1.165) is 5.56 Å². The van der Waals surface area contributed by atoms with Crippen molar-refractivity contribution < 1.29 is 17.9 Å². The molecule has 1 aliphatic rings. The summed E-state index contributed by atoms with van der Waals surface area (Å²) in [6.07, 6.45) is 0.435. The van der Waals surface area contributed by atoms with E-state index in [2.05, 4.69) is 5.32 Å². The minimum absolute atomic E-state index is 0.143. The van der Waals surface area contributed by atoms with Crippen molar-refractivity contribution in [2.45, 2.75) is 36.1 Å². The van der Waals surface area contributed by atoms with Crippen LogP contribution in [0.4, 0.5) is 0 Å². The van der Waals surface area contributed by atoms with Crippen LogP contribution < -0.4 is 5.32 Å².